The highest BCUT2D eigenvalue weighted by Crippen LogP contribution is 2.33. The summed E-state index contributed by atoms with van der Waals surface area (Å²) in [6.45, 7) is 2.89. The quantitative estimate of drug-likeness (QED) is 0.401. The van der Waals surface area contributed by atoms with Gasteiger partial charge in [0, 0.05) is 54.1 Å². The molecule has 8 heteroatoms. The fourth-order valence-electron chi connectivity index (χ4n) is 4.60. The Balaban J connectivity index is 1.33. The van der Waals surface area contributed by atoms with E-state index in [1.165, 1.54) is 11.8 Å². The van der Waals surface area contributed by atoms with Gasteiger partial charge in [0.25, 0.3) is 0 Å². The lowest BCUT2D eigenvalue weighted by molar-refractivity contribution is 0.326. The number of pyridine rings is 2. The van der Waals surface area contributed by atoms with E-state index in [-0.39, 0.29) is 0 Å². The van der Waals surface area contributed by atoms with E-state index in [1.807, 2.05) is 36.7 Å². The minimum Gasteiger partial charge on any atom is -0.497 e. The molecule has 4 aromatic rings. The van der Waals surface area contributed by atoms with Gasteiger partial charge in [0.1, 0.15) is 11.6 Å². The van der Waals surface area contributed by atoms with E-state index < -0.39 is 9.84 Å². The molecule has 0 saturated carbocycles. The number of rotatable bonds is 7. The van der Waals surface area contributed by atoms with Gasteiger partial charge in [0.05, 0.1) is 17.7 Å². The Kier molecular flexibility index (Phi) is 6.40. The van der Waals surface area contributed by atoms with E-state index in [4.69, 9.17) is 9.72 Å². The maximum absolute atomic E-state index is 11.7. The summed E-state index contributed by atoms with van der Waals surface area (Å²) in [6, 6.07) is 19.0. The van der Waals surface area contributed by atoms with Crippen molar-refractivity contribution in [2.75, 3.05) is 31.8 Å². The molecule has 2 aromatic heterocycles. The van der Waals surface area contributed by atoms with Gasteiger partial charge in [-0.2, -0.15) is 0 Å². The van der Waals surface area contributed by atoms with Gasteiger partial charge in [-0.3, -0.25) is 9.88 Å². The van der Waals surface area contributed by atoms with E-state index >= 15 is 0 Å². The first-order valence-corrected chi connectivity index (χ1v) is 13.5. The predicted octanol–water partition coefficient (Wildman–Crippen LogP) is 4.78. The van der Waals surface area contributed by atoms with Crippen LogP contribution < -0.4 is 10.1 Å². The molecule has 1 N–H and O–H groups in total. The zero-order valence-electron chi connectivity index (χ0n) is 19.8. The smallest absolute Gasteiger partial charge is 0.175 e. The van der Waals surface area contributed by atoms with Crippen LogP contribution in [0.25, 0.3) is 10.8 Å². The van der Waals surface area contributed by atoms with Gasteiger partial charge in [0.15, 0.2) is 9.84 Å². The number of fused-ring (bicyclic) bond motifs is 1. The van der Waals surface area contributed by atoms with Crippen LogP contribution in [0.2, 0.25) is 0 Å². The molecule has 1 saturated heterocycles. The zero-order valence-corrected chi connectivity index (χ0v) is 20.6. The van der Waals surface area contributed by atoms with Crippen LogP contribution in [0.1, 0.15) is 23.6 Å². The zero-order chi connectivity index (χ0) is 24.4. The van der Waals surface area contributed by atoms with E-state index in [1.54, 1.807) is 31.4 Å². The molecular weight excluding hydrogens is 460 g/mol. The Hall–Kier alpha value is -3.49. The molecule has 5 rings (SSSR count). The molecule has 0 spiro atoms. The normalized spacial score (nSPS) is 16.5. The summed E-state index contributed by atoms with van der Waals surface area (Å²) >= 11 is 0. The third kappa shape index (κ3) is 5.28. The van der Waals surface area contributed by atoms with Crippen LogP contribution in [0, 0.1) is 0 Å². The van der Waals surface area contributed by atoms with Gasteiger partial charge in [-0.05, 0) is 67.1 Å². The lowest BCUT2D eigenvalue weighted by Gasteiger charge is -2.17. The van der Waals surface area contributed by atoms with Gasteiger partial charge >= 0.3 is 0 Å². The number of likely N-dealkylation sites (tertiary alicyclic amines) is 1. The van der Waals surface area contributed by atoms with Gasteiger partial charge in [-0.15, -0.1) is 0 Å². The Morgan fingerprint density at radius 3 is 2.54 bits per heavy atom. The number of hydrogen-bond acceptors (Lipinski definition) is 7. The molecule has 0 amide bonds. The highest BCUT2D eigenvalue weighted by Gasteiger charge is 2.26. The number of anilines is 2. The van der Waals surface area contributed by atoms with E-state index in [0.717, 1.165) is 54.0 Å². The van der Waals surface area contributed by atoms with Crippen LogP contribution in [-0.4, -0.2) is 49.7 Å². The van der Waals surface area contributed by atoms with Crippen molar-refractivity contribution >= 4 is 32.1 Å². The number of nitrogens with one attached hydrogen (secondary N) is 1. The summed E-state index contributed by atoms with van der Waals surface area (Å²) in [5.74, 6) is 1.92. The molecule has 0 radical (unpaired) electrons. The first kappa shape index (κ1) is 23.3. The van der Waals surface area contributed by atoms with E-state index in [0.29, 0.717) is 16.6 Å². The second-order valence-corrected chi connectivity index (χ2v) is 11.0. The number of methoxy groups -OCH3 is 1. The molecular formula is C27H28N4O3S. The fourth-order valence-corrected chi connectivity index (χ4v) is 5.23. The number of sulfone groups is 1. The monoisotopic (exact) mass is 488 g/mol. The molecule has 1 unspecified atom stereocenters. The Bertz CT molecular complexity index is 1440. The topological polar surface area (TPSA) is 84.4 Å². The molecule has 1 aliphatic rings. The summed E-state index contributed by atoms with van der Waals surface area (Å²) in [4.78, 5) is 12.1. The standard InChI is InChI=1S/C27H28N4O3S/c1-34-23-7-3-19(4-8-23)17-31-14-12-21(18-31)27-25-15-26(29-16-20(25)11-13-28-27)30-22-5-9-24(10-6-22)35(2,32)33/h3-11,13,15-16,21H,12,14,17-18H2,1-2H3,(H,29,30). The summed E-state index contributed by atoms with van der Waals surface area (Å²) in [7, 11) is -1.54. The Labute approximate surface area is 205 Å². The van der Waals surface area contributed by atoms with Crippen molar-refractivity contribution in [3.63, 3.8) is 0 Å². The van der Waals surface area contributed by atoms with Crippen molar-refractivity contribution in [3.8, 4) is 5.75 Å². The number of ether oxygens (including phenoxy) is 1. The minimum absolute atomic E-state index is 0.293. The van der Waals surface area contributed by atoms with Gasteiger partial charge in [-0.1, -0.05) is 12.1 Å². The van der Waals surface area contributed by atoms with Crippen molar-refractivity contribution in [3.05, 3.63) is 84.3 Å². The van der Waals surface area contributed by atoms with Crippen molar-refractivity contribution in [2.45, 2.75) is 23.8 Å². The predicted molar refractivity (Wildman–Crippen MR) is 138 cm³/mol. The maximum atomic E-state index is 11.7. The molecule has 1 atom stereocenters. The Morgan fingerprint density at radius 1 is 1.06 bits per heavy atom. The molecule has 1 fully saturated rings. The lowest BCUT2D eigenvalue weighted by atomic mass is 9.99. The van der Waals surface area contributed by atoms with Gasteiger partial charge in [-0.25, -0.2) is 13.4 Å². The van der Waals surface area contributed by atoms with Crippen LogP contribution in [0.3, 0.4) is 0 Å². The molecule has 3 heterocycles. The van der Waals surface area contributed by atoms with Gasteiger partial charge < -0.3 is 10.1 Å². The lowest BCUT2D eigenvalue weighted by Crippen LogP contribution is -2.20. The fraction of sp³-hybridized carbons (Fsp3) is 0.259. The SMILES string of the molecule is COc1ccc(CN2CCC(c3nccc4cnc(Nc5ccc(S(C)(=O)=O)cc5)cc34)C2)cc1. The molecule has 1 aliphatic heterocycles. The summed E-state index contributed by atoms with van der Waals surface area (Å²) in [5.41, 5.74) is 3.15. The van der Waals surface area contributed by atoms with Crippen LogP contribution in [-0.2, 0) is 16.4 Å². The van der Waals surface area contributed by atoms with Crippen molar-refractivity contribution in [1.29, 1.82) is 0 Å². The molecule has 7 nitrogen and oxygen atoms in total. The van der Waals surface area contributed by atoms with Crippen molar-refractivity contribution < 1.29 is 13.2 Å². The highest BCUT2D eigenvalue weighted by atomic mass is 32.2. The third-order valence-corrected chi connectivity index (χ3v) is 7.59. The second-order valence-electron chi connectivity index (χ2n) is 8.98. The number of nitrogens with zero attached hydrogens (tertiary/aromatic N) is 3. The molecule has 2 aromatic carbocycles. The van der Waals surface area contributed by atoms with Crippen molar-refractivity contribution in [1.82, 2.24) is 14.9 Å². The molecule has 0 aliphatic carbocycles. The number of hydrogen-bond donors (Lipinski definition) is 1. The largest absolute Gasteiger partial charge is 0.497 e. The second kappa shape index (κ2) is 9.64. The average molecular weight is 489 g/mol. The minimum atomic E-state index is -3.23. The molecule has 0 bridgehead atoms. The number of aromatic nitrogens is 2. The highest BCUT2D eigenvalue weighted by molar-refractivity contribution is 7.90. The summed E-state index contributed by atoms with van der Waals surface area (Å²) < 4.78 is 28.7. The average Bonchev–Trinajstić information content (AvgIpc) is 3.32. The Morgan fingerprint density at radius 2 is 1.83 bits per heavy atom. The van der Waals surface area contributed by atoms with Crippen LogP contribution in [0.4, 0.5) is 11.5 Å². The van der Waals surface area contributed by atoms with E-state index in [2.05, 4.69) is 27.3 Å². The van der Waals surface area contributed by atoms with Crippen molar-refractivity contribution in [2.24, 2.45) is 0 Å². The van der Waals surface area contributed by atoms with E-state index in [9.17, 15) is 8.42 Å². The van der Waals surface area contributed by atoms with Crippen LogP contribution in [0.5, 0.6) is 5.75 Å². The molecule has 180 valence electrons. The first-order chi connectivity index (χ1) is 16.9. The van der Waals surface area contributed by atoms with Gasteiger partial charge in [0.2, 0.25) is 0 Å². The maximum Gasteiger partial charge on any atom is 0.175 e. The molecule has 35 heavy (non-hydrogen) atoms. The van der Waals surface area contributed by atoms with Crippen LogP contribution in [0.15, 0.2) is 78.0 Å². The third-order valence-electron chi connectivity index (χ3n) is 6.46. The summed E-state index contributed by atoms with van der Waals surface area (Å²) in [5, 5.41) is 5.44. The number of benzene rings is 2. The first-order valence-electron chi connectivity index (χ1n) is 11.6. The van der Waals surface area contributed by atoms with Crippen LogP contribution >= 0.6 is 0 Å². The summed E-state index contributed by atoms with van der Waals surface area (Å²) in [6.07, 6.45) is 5.98.